The van der Waals surface area contributed by atoms with E-state index in [2.05, 4.69) is 21.9 Å². The van der Waals surface area contributed by atoms with Crippen LogP contribution in [-0.4, -0.2) is 44.4 Å². The van der Waals surface area contributed by atoms with Crippen molar-refractivity contribution in [1.29, 1.82) is 0 Å². The number of aromatic nitrogens is 1. The van der Waals surface area contributed by atoms with Crippen molar-refractivity contribution < 1.29 is 8.42 Å². The molecule has 0 aliphatic rings. The largest absolute Gasteiger partial charge is 0.317 e. The van der Waals surface area contributed by atoms with Crippen LogP contribution in [0, 0.1) is 13.8 Å². The Morgan fingerprint density at radius 3 is 2.55 bits per heavy atom. The predicted molar refractivity (Wildman–Crippen MR) is 84.5 cm³/mol. The van der Waals surface area contributed by atoms with E-state index in [1.807, 2.05) is 13.8 Å². The molecule has 0 saturated heterocycles. The van der Waals surface area contributed by atoms with Gasteiger partial charge >= 0.3 is 10.2 Å². The van der Waals surface area contributed by atoms with Gasteiger partial charge in [0.2, 0.25) is 0 Å². The van der Waals surface area contributed by atoms with E-state index in [9.17, 15) is 8.42 Å². The van der Waals surface area contributed by atoms with Crippen molar-refractivity contribution in [3.63, 3.8) is 0 Å². The van der Waals surface area contributed by atoms with Crippen LogP contribution in [0.1, 0.15) is 30.3 Å². The smallest absolute Gasteiger partial charge is 0.303 e. The van der Waals surface area contributed by atoms with E-state index in [-0.39, 0.29) is 0 Å². The topological polar surface area (TPSA) is 74.3 Å². The molecule has 0 aliphatic carbocycles. The van der Waals surface area contributed by atoms with Crippen LogP contribution in [0.4, 0.5) is 5.13 Å². The lowest BCUT2D eigenvalue weighted by molar-refractivity contribution is 0.458. The highest BCUT2D eigenvalue weighted by atomic mass is 32.2. The van der Waals surface area contributed by atoms with Gasteiger partial charge in [-0.15, -0.1) is 11.3 Å². The molecule has 2 N–H and O–H groups in total. The van der Waals surface area contributed by atoms with Crippen LogP contribution in [0.3, 0.4) is 0 Å². The molecular formula is C12H24N4O2S2. The van der Waals surface area contributed by atoms with Crippen molar-refractivity contribution >= 4 is 26.7 Å². The highest BCUT2D eigenvalue weighted by Crippen LogP contribution is 2.22. The summed E-state index contributed by atoms with van der Waals surface area (Å²) >= 11 is 1.35. The van der Waals surface area contributed by atoms with E-state index in [4.69, 9.17) is 0 Å². The summed E-state index contributed by atoms with van der Waals surface area (Å²) in [6.45, 7) is 8.16. The van der Waals surface area contributed by atoms with Crippen LogP contribution < -0.4 is 10.0 Å². The number of hydrogen-bond acceptors (Lipinski definition) is 5. The second-order valence-corrected chi connectivity index (χ2v) is 7.67. The molecule has 20 heavy (non-hydrogen) atoms. The summed E-state index contributed by atoms with van der Waals surface area (Å²) in [6.07, 6.45) is 1.87. The number of nitrogens with one attached hydrogen (secondary N) is 2. The highest BCUT2D eigenvalue weighted by Gasteiger charge is 2.19. The third kappa shape index (κ3) is 5.35. The van der Waals surface area contributed by atoms with Gasteiger partial charge in [-0.3, -0.25) is 0 Å². The van der Waals surface area contributed by atoms with Gasteiger partial charge in [-0.25, -0.2) is 9.71 Å². The van der Waals surface area contributed by atoms with Crippen molar-refractivity contribution in [2.45, 2.75) is 33.6 Å². The normalized spacial score (nSPS) is 12.1. The molecule has 1 rings (SSSR count). The van der Waals surface area contributed by atoms with Gasteiger partial charge in [0, 0.05) is 18.5 Å². The Kier molecular flexibility index (Phi) is 6.87. The number of thiazole rings is 1. The number of hydrogen-bond donors (Lipinski definition) is 2. The molecule has 1 heterocycles. The fourth-order valence-corrected chi connectivity index (χ4v) is 3.49. The maximum Gasteiger partial charge on any atom is 0.303 e. The summed E-state index contributed by atoms with van der Waals surface area (Å²) in [5.74, 6) is 0. The van der Waals surface area contributed by atoms with Gasteiger partial charge < -0.3 is 5.32 Å². The average Bonchev–Trinajstić information content (AvgIpc) is 2.66. The molecule has 0 aromatic carbocycles. The molecule has 0 fully saturated rings. The Bertz CT molecular complexity index is 494. The molecule has 1 aromatic rings. The zero-order valence-corrected chi connectivity index (χ0v) is 14.2. The van der Waals surface area contributed by atoms with E-state index in [0.29, 0.717) is 11.7 Å². The van der Waals surface area contributed by atoms with Crippen LogP contribution in [-0.2, 0) is 10.2 Å². The molecule has 0 radical (unpaired) electrons. The maximum absolute atomic E-state index is 12.1. The predicted octanol–water partition coefficient (Wildman–Crippen LogP) is 1.74. The Balaban J connectivity index is 2.46. The van der Waals surface area contributed by atoms with Crippen molar-refractivity contribution in [2.24, 2.45) is 0 Å². The molecule has 1 aromatic heterocycles. The Morgan fingerprint density at radius 2 is 2.00 bits per heavy atom. The van der Waals surface area contributed by atoms with E-state index in [0.717, 1.165) is 36.5 Å². The van der Waals surface area contributed by atoms with Gasteiger partial charge in [-0.05, 0) is 39.8 Å². The Hall–Kier alpha value is -0.700. The summed E-state index contributed by atoms with van der Waals surface area (Å²) in [6, 6.07) is 0. The molecule has 0 spiro atoms. The molecule has 0 saturated carbocycles. The number of anilines is 1. The molecule has 116 valence electrons. The lowest BCUT2D eigenvalue weighted by Crippen LogP contribution is -2.34. The van der Waals surface area contributed by atoms with Gasteiger partial charge in [0.1, 0.15) is 0 Å². The molecule has 0 unspecified atom stereocenters. The zero-order valence-electron chi connectivity index (χ0n) is 12.6. The average molecular weight is 320 g/mol. The molecular weight excluding hydrogens is 296 g/mol. The first kappa shape index (κ1) is 17.4. The quantitative estimate of drug-likeness (QED) is 0.680. The van der Waals surface area contributed by atoms with Gasteiger partial charge in [0.15, 0.2) is 5.13 Å². The first-order valence-corrected chi connectivity index (χ1v) is 9.01. The molecule has 6 nitrogen and oxygen atoms in total. The first-order chi connectivity index (χ1) is 9.36. The summed E-state index contributed by atoms with van der Waals surface area (Å²) in [5.41, 5.74) is 0.860. The molecule has 0 atom stereocenters. The summed E-state index contributed by atoms with van der Waals surface area (Å²) < 4.78 is 28.0. The van der Waals surface area contributed by atoms with Crippen molar-refractivity contribution in [2.75, 3.05) is 31.4 Å². The summed E-state index contributed by atoms with van der Waals surface area (Å²) in [5, 5.41) is 3.68. The second kappa shape index (κ2) is 7.92. The van der Waals surface area contributed by atoms with E-state index in [1.54, 1.807) is 7.05 Å². The molecule has 0 aliphatic heterocycles. The van der Waals surface area contributed by atoms with Crippen LogP contribution >= 0.6 is 11.3 Å². The lowest BCUT2D eigenvalue weighted by Gasteiger charge is -2.17. The van der Waals surface area contributed by atoms with Crippen LogP contribution in [0.2, 0.25) is 0 Å². The number of aryl methyl sites for hydroxylation is 2. The van der Waals surface area contributed by atoms with E-state index in [1.165, 1.54) is 15.6 Å². The van der Waals surface area contributed by atoms with Crippen LogP contribution in [0.25, 0.3) is 0 Å². The van der Waals surface area contributed by atoms with E-state index >= 15 is 0 Å². The minimum absolute atomic E-state index is 0.427. The third-order valence-electron chi connectivity index (χ3n) is 2.91. The Morgan fingerprint density at radius 1 is 1.30 bits per heavy atom. The standard InChI is InChI=1S/C12H24N4O2S2/c1-5-7-13-8-6-9-16(4)20(17,18)15-12-14-10(2)11(3)19-12/h13H,5-9H2,1-4H3,(H,14,15). The van der Waals surface area contributed by atoms with Crippen LogP contribution in [0.15, 0.2) is 0 Å². The fourth-order valence-electron chi connectivity index (χ4n) is 1.55. The zero-order chi connectivity index (χ0) is 15.2. The van der Waals surface area contributed by atoms with E-state index < -0.39 is 10.2 Å². The SMILES string of the molecule is CCCNCCCN(C)S(=O)(=O)Nc1nc(C)c(C)s1. The Labute approximate surface area is 125 Å². The van der Waals surface area contributed by atoms with Gasteiger partial charge in [0.05, 0.1) is 5.69 Å². The highest BCUT2D eigenvalue weighted by molar-refractivity contribution is 7.90. The first-order valence-electron chi connectivity index (χ1n) is 6.75. The van der Waals surface area contributed by atoms with Gasteiger partial charge in [-0.2, -0.15) is 12.7 Å². The third-order valence-corrected chi connectivity index (χ3v) is 5.48. The monoisotopic (exact) mass is 320 g/mol. The molecule has 8 heteroatoms. The summed E-state index contributed by atoms with van der Waals surface area (Å²) in [4.78, 5) is 5.21. The minimum atomic E-state index is -3.51. The van der Waals surface area contributed by atoms with Crippen molar-refractivity contribution in [3.8, 4) is 0 Å². The van der Waals surface area contributed by atoms with Gasteiger partial charge in [0.25, 0.3) is 0 Å². The maximum atomic E-state index is 12.1. The molecule has 0 amide bonds. The van der Waals surface area contributed by atoms with Crippen molar-refractivity contribution in [3.05, 3.63) is 10.6 Å². The van der Waals surface area contributed by atoms with Gasteiger partial charge in [-0.1, -0.05) is 6.92 Å². The van der Waals surface area contributed by atoms with Crippen molar-refractivity contribution in [1.82, 2.24) is 14.6 Å². The number of nitrogens with zero attached hydrogens (tertiary/aromatic N) is 2. The molecule has 0 bridgehead atoms. The second-order valence-electron chi connectivity index (χ2n) is 4.69. The lowest BCUT2D eigenvalue weighted by atomic mass is 10.4. The number of rotatable bonds is 9. The fraction of sp³-hybridized carbons (Fsp3) is 0.750. The summed E-state index contributed by atoms with van der Waals surface area (Å²) in [7, 11) is -1.93. The van der Waals surface area contributed by atoms with Crippen LogP contribution in [0.5, 0.6) is 0 Å². The minimum Gasteiger partial charge on any atom is -0.317 e.